The Morgan fingerprint density at radius 3 is 2.32 bits per heavy atom. The number of pyridine rings is 1. The molecule has 6 heteroatoms. The summed E-state index contributed by atoms with van der Waals surface area (Å²) in [5, 5.41) is 0. The minimum atomic E-state index is -0.436. The van der Waals surface area contributed by atoms with E-state index < -0.39 is 5.95 Å². The third-order valence-electron chi connectivity index (χ3n) is 3.18. The Morgan fingerprint density at radius 2 is 1.68 bits per heavy atom. The van der Waals surface area contributed by atoms with Gasteiger partial charge in [-0.2, -0.15) is 4.39 Å². The SMILES string of the molecule is Fc1cccc(N2CCN(c3cnccn3)CC2)n1. The van der Waals surface area contributed by atoms with Gasteiger partial charge in [-0.1, -0.05) is 6.07 Å². The molecule has 2 aromatic heterocycles. The molecule has 0 aliphatic carbocycles. The van der Waals surface area contributed by atoms with Gasteiger partial charge >= 0.3 is 0 Å². The van der Waals surface area contributed by atoms with Crippen molar-refractivity contribution in [2.45, 2.75) is 0 Å². The first-order valence-corrected chi connectivity index (χ1v) is 6.21. The van der Waals surface area contributed by atoms with Crippen LogP contribution in [-0.4, -0.2) is 41.1 Å². The largest absolute Gasteiger partial charge is 0.353 e. The molecule has 0 N–H and O–H groups in total. The lowest BCUT2D eigenvalue weighted by atomic mass is 10.3. The Morgan fingerprint density at radius 1 is 0.947 bits per heavy atom. The number of piperazine rings is 1. The van der Waals surface area contributed by atoms with Gasteiger partial charge in [0.15, 0.2) is 0 Å². The van der Waals surface area contributed by atoms with Crippen LogP contribution in [0.1, 0.15) is 0 Å². The second-order valence-corrected chi connectivity index (χ2v) is 4.36. The molecule has 3 rings (SSSR count). The van der Waals surface area contributed by atoms with E-state index in [1.807, 2.05) is 6.07 Å². The van der Waals surface area contributed by atoms with Gasteiger partial charge < -0.3 is 9.80 Å². The highest BCUT2D eigenvalue weighted by molar-refractivity contribution is 5.43. The third-order valence-corrected chi connectivity index (χ3v) is 3.18. The van der Waals surface area contributed by atoms with Crippen LogP contribution >= 0.6 is 0 Å². The molecule has 0 spiro atoms. The maximum Gasteiger partial charge on any atom is 0.214 e. The Bertz CT molecular complexity index is 540. The quantitative estimate of drug-likeness (QED) is 0.761. The number of nitrogens with zero attached hydrogens (tertiary/aromatic N) is 5. The molecular weight excluding hydrogens is 245 g/mol. The molecule has 1 aliphatic rings. The van der Waals surface area contributed by atoms with Crippen LogP contribution in [0.3, 0.4) is 0 Å². The van der Waals surface area contributed by atoms with Gasteiger partial charge in [-0.3, -0.25) is 4.98 Å². The summed E-state index contributed by atoms with van der Waals surface area (Å²) in [6, 6.07) is 4.88. The first-order valence-electron chi connectivity index (χ1n) is 6.21. The third kappa shape index (κ3) is 2.62. The van der Waals surface area contributed by atoms with Crippen LogP contribution in [0.4, 0.5) is 16.0 Å². The fourth-order valence-corrected chi connectivity index (χ4v) is 2.19. The smallest absolute Gasteiger partial charge is 0.214 e. The lowest BCUT2D eigenvalue weighted by Crippen LogP contribution is -2.47. The summed E-state index contributed by atoms with van der Waals surface area (Å²) < 4.78 is 13.1. The summed E-state index contributed by atoms with van der Waals surface area (Å²) in [5.74, 6) is 1.14. The van der Waals surface area contributed by atoms with E-state index in [4.69, 9.17) is 0 Å². The van der Waals surface area contributed by atoms with Crippen LogP contribution in [0.25, 0.3) is 0 Å². The number of aromatic nitrogens is 3. The zero-order valence-corrected chi connectivity index (χ0v) is 10.4. The molecule has 5 nitrogen and oxygen atoms in total. The van der Waals surface area contributed by atoms with Crippen molar-refractivity contribution in [2.75, 3.05) is 36.0 Å². The maximum atomic E-state index is 13.1. The molecule has 0 atom stereocenters. The minimum Gasteiger partial charge on any atom is -0.353 e. The van der Waals surface area contributed by atoms with Crippen molar-refractivity contribution in [2.24, 2.45) is 0 Å². The summed E-state index contributed by atoms with van der Waals surface area (Å²) in [6.07, 6.45) is 5.11. The second kappa shape index (κ2) is 5.17. The van der Waals surface area contributed by atoms with Crippen LogP contribution in [-0.2, 0) is 0 Å². The number of halogens is 1. The molecule has 1 aliphatic heterocycles. The number of rotatable bonds is 2. The van der Waals surface area contributed by atoms with Crippen LogP contribution in [0, 0.1) is 5.95 Å². The summed E-state index contributed by atoms with van der Waals surface area (Å²) in [7, 11) is 0. The van der Waals surface area contributed by atoms with Crippen LogP contribution < -0.4 is 9.80 Å². The van der Waals surface area contributed by atoms with Crippen LogP contribution in [0.2, 0.25) is 0 Å². The molecular formula is C13H14FN5. The first kappa shape index (κ1) is 11.8. The Hall–Kier alpha value is -2.24. The molecule has 2 aromatic rings. The average Bonchev–Trinajstić information content (AvgIpc) is 2.48. The van der Waals surface area contributed by atoms with Crippen molar-refractivity contribution in [3.05, 3.63) is 42.7 Å². The fourth-order valence-electron chi connectivity index (χ4n) is 2.19. The Kier molecular flexibility index (Phi) is 3.22. The Balaban J connectivity index is 1.67. The zero-order valence-electron chi connectivity index (χ0n) is 10.4. The fraction of sp³-hybridized carbons (Fsp3) is 0.308. The van der Waals surface area contributed by atoms with Crippen molar-refractivity contribution >= 4 is 11.6 Å². The number of hydrogen-bond donors (Lipinski definition) is 0. The van der Waals surface area contributed by atoms with Gasteiger partial charge in [0, 0.05) is 38.6 Å². The number of anilines is 2. The molecule has 0 radical (unpaired) electrons. The Labute approximate surface area is 110 Å². The van der Waals surface area contributed by atoms with E-state index in [0.29, 0.717) is 5.82 Å². The van der Waals surface area contributed by atoms with Crippen LogP contribution in [0.15, 0.2) is 36.8 Å². The van der Waals surface area contributed by atoms with E-state index in [9.17, 15) is 4.39 Å². The predicted octanol–water partition coefficient (Wildman–Crippen LogP) is 1.34. The van der Waals surface area contributed by atoms with Gasteiger partial charge in [-0.25, -0.2) is 9.97 Å². The van der Waals surface area contributed by atoms with Crippen molar-refractivity contribution < 1.29 is 4.39 Å². The standard InChI is InChI=1S/C13H14FN5/c14-11-2-1-3-12(17-11)18-6-8-19(9-7-18)13-10-15-4-5-16-13/h1-5,10H,6-9H2. The molecule has 0 amide bonds. The molecule has 0 saturated carbocycles. The molecule has 3 heterocycles. The molecule has 98 valence electrons. The van der Waals surface area contributed by atoms with E-state index in [1.54, 1.807) is 24.7 Å². The predicted molar refractivity (Wildman–Crippen MR) is 70.7 cm³/mol. The summed E-state index contributed by atoms with van der Waals surface area (Å²) in [5.41, 5.74) is 0. The molecule has 0 aromatic carbocycles. The van der Waals surface area contributed by atoms with Gasteiger partial charge in [0.05, 0.1) is 6.20 Å². The van der Waals surface area contributed by atoms with Crippen LogP contribution in [0.5, 0.6) is 0 Å². The molecule has 0 unspecified atom stereocenters. The van der Waals surface area contributed by atoms with E-state index in [0.717, 1.165) is 32.0 Å². The molecule has 0 bridgehead atoms. The average molecular weight is 259 g/mol. The molecule has 1 fully saturated rings. The topological polar surface area (TPSA) is 45.2 Å². The van der Waals surface area contributed by atoms with Gasteiger partial charge in [0.25, 0.3) is 0 Å². The maximum absolute atomic E-state index is 13.1. The normalized spacial score (nSPS) is 15.6. The van der Waals surface area contributed by atoms with E-state index in [-0.39, 0.29) is 0 Å². The van der Waals surface area contributed by atoms with Gasteiger partial charge in [-0.05, 0) is 12.1 Å². The number of hydrogen-bond acceptors (Lipinski definition) is 5. The van der Waals surface area contributed by atoms with Crippen molar-refractivity contribution in [3.63, 3.8) is 0 Å². The second-order valence-electron chi connectivity index (χ2n) is 4.36. The highest BCUT2D eigenvalue weighted by Gasteiger charge is 2.19. The summed E-state index contributed by atoms with van der Waals surface area (Å²) in [4.78, 5) is 16.5. The molecule has 1 saturated heterocycles. The van der Waals surface area contributed by atoms with Crippen molar-refractivity contribution in [1.29, 1.82) is 0 Å². The monoisotopic (exact) mass is 259 g/mol. The zero-order chi connectivity index (χ0) is 13.1. The summed E-state index contributed by atoms with van der Waals surface area (Å²) >= 11 is 0. The van der Waals surface area contributed by atoms with Crippen molar-refractivity contribution in [1.82, 2.24) is 15.0 Å². The highest BCUT2D eigenvalue weighted by atomic mass is 19.1. The van der Waals surface area contributed by atoms with E-state index in [1.165, 1.54) is 6.07 Å². The first-order chi connectivity index (χ1) is 9.33. The van der Waals surface area contributed by atoms with E-state index in [2.05, 4.69) is 24.8 Å². The molecule has 19 heavy (non-hydrogen) atoms. The van der Waals surface area contributed by atoms with Gasteiger partial charge in [0.1, 0.15) is 11.6 Å². The van der Waals surface area contributed by atoms with E-state index >= 15 is 0 Å². The lowest BCUT2D eigenvalue weighted by molar-refractivity contribution is 0.574. The van der Waals surface area contributed by atoms with Gasteiger partial charge in [0.2, 0.25) is 5.95 Å². The highest BCUT2D eigenvalue weighted by Crippen LogP contribution is 2.16. The van der Waals surface area contributed by atoms with Gasteiger partial charge in [-0.15, -0.1) is 0 Å². The lowest BCUT2D eigenvalue weighted by Gasteiger charge is -2.35. The summed E-state index contributed by atoms with van der Waals surface area (Å²) in [6.45, 7) is 3.26. The van der Waals surface area contributed by atoms with Crippen molar-refractivity contribution in [3.8, 4) is 0 Å². The minimum absolute atomic E-state index is 0.436.